The van der Waals surface area contributed by atoms with E-state index in [1.54, 1.807) is 34.0 Å². The zero-order valence-electron chi connectivity index (χ0n) is 21.5. The van der Waals surface area contributed by atoms with E-state index in [0.717, 1.165) is 17.1 Å². The molecule has 10 heteroatoms. The number of nitrogens with one attached hydrogen (secondary N) is 1. The first kappa shape index (κ1) is 25.2. The van der Waals surface area contributed by atoms with E-state index >= 15 is 0 Å². The maximum absolute atomic E-state index is 14.8. The molecule has 1 fully saturated rings. The maximum atomic E-state index is 14.8. The molecule has 4 aromatic rings. The fraction of sp³-hybridized carbons (Fsp3) is 0.379. The van der Waals surface area contributed by atoms with E-state index in [9.17, 15) is 18.4 Å². The van der Waals surface area contributed by atoms with Crippen molar-refractivity contribution in [2.45, 2.75) is 56.6 Å². The van der Waals surface area contributed by atoms with Gasteiger partial charge in [-0.05, 0) is 72.9 Å². The number of H-pyrrole nitrogens is 1. The van der Waals surface area contributed by atoms with E-state index in [1.807, 2.05) is 25.1 Å². The molecule has 0 bridgehead atoms. The van der Waals surface area contributed by atoms with E-state index in [-0.39, 0.29) is 23.6 Å². The van der Waals surface area contributed by atoms with Crippen molar-refractivity contribution in [2.24, 2.45) is 0 Å². The van der Waals surface area contributed by atoms with Gasteiger partial charge in [-0.3, -0.25) is 14.5 Å². The summed E-state index contributed by atoms with van der Waals surface area (Å²) in [5.74, 6) is -2.13. The second kappa shape index (κ2) is 10.2. The molecule has 0 saturated carbocycles. The van der Waals surface area contributed by atoms with Crippen molar-refractivity contribution in [3.63, 3.8) is 0 Å². The molecule has 1 aliphatic heterocycles. The number of piperidine rings is 1. The smallest absolute Gasteiger partial charge is 0.410 e. The molecule has 1 amide bonds. The predicted molar refractivity (Wildman–Crippen MR) is 140 cm³/mol. The number of amides is 1. The summed E-state index contributed by atoms with van der Waals surface area (Å²) in [6, 6.07) is 11.6. The van der Waals surface area contributed by atoms with Gasteiger partial charge in [-0.25, -0.2) is 23.4 Å². The number of halogens is 2. The van der Waals surface area contributed by atoms with Crippen LogP contribution in [-0.4, -0.2) is 43.6 Å². The van der Waals surface area contributed by atoms with Crippen LogP contribution in [-0.2, 0) is 4.74 Å². The highest BCUT2D eigenvalue weighted by Gasteiger charge is 2.36. The van der Waals surface area contributed by atoms with Crippen molar-refractivity contribution in [3.05, 3.63) is 93.8 Å². The zero-order chi connectivity index (χ0) is 27.1. The van der Waals surface area contributed by atoms with Gasteiger partial charge in [0.1, 0.15) is 6.10 Å². The number of carbonyl (C=O) groups is 1. The average molecular weight is 534 g/mol. The summed E-state index contributed by atoms with van der Waals surface area (Å²) in [7, 11) is 0. The van der Waals surface area contributed by atoms with Gasteiger partial charge in [0.25, 0.3) is 0 Å². The lowest BCUT2D eigenvalue weighted by atomic mass is 9.81. The zero-order valence-corrected chi connectivity index (χ0v) is 21.5. The number of rotatable bonds is 3. The Kier molecular flexibility index (Phi) is 6.62. The first-order valence-electron chi connectivity index (χ1n) is 13.3. The molecule has 0 spiro atoms. The van der Waals surface area contributed by atoms with Crippen LogP contribution in [0.2, 0.25) is 0 Å². The van der Waals surface area contributed by atoms with Crippen LogP contribution in [0.4, 0.5) is 13.6 Å². The maximum Gasteiger partial charge on any atom is 0.410 e. The number of aromatic nitrogens is 4. The Labute approximate surface area is 223 Å². The highest BCUT2D eigenvalue weighted by atomic mass is 19.2. The molecular weight excluding hydrogens is 504 g/mol. The molecule has 4 heterocycles. The molecule has 202 valence electrons. The second-order valence-electron chi connectivity index (χ2n) is 10.4. The molecular formula is C29H29F2N5O3. The lowest BCUT2D eigenvalue weighted by Gasteiger charge is -2.33. The Balaban J connectivity index is 1.18. The molecule has 1 saturated heterocycles. The summed E-state index contributed by atoms with van der Waals surface area (Å²) in [4.78, 5) is 39.1. The van der Waals surface area contributed by atoms with Gasteiger partial charge in [0.05, 0.1) is 11.2 Å². The summed E-state index contributed by atoms with van der Waals surface area (Å²) in [5, 5.41) is 0. The fourth-order valence-corrected chi connectivity index (χ4v) is 6.19. The number of carbonyl (C=O) groups excluding carboxylic acids is 1. The second-order valence-corrected chi connectivity index (χ2v) is 10.4. The van der Waals surface area contributed by atoms with Crippen molar-refractivity contribution in [2.75, 3.05) is 13.1 Å². The molecule has 3 aromatic heterocycles. The number of nitrogens with zero attached hydrogens (tertiary/aromatic N) is 4. The Morgan fingerprint density at radius 2 is 1.72 bits per heavy atom. The average Bonchev–Trinajstić information content (AvgIpc) is 3.23. The Bertz CT molecular complexity index is 1580. The van der Waals surface area contributed by atoms with Gasteiger partial charge < -0.3 is 9.64 Å². The third-order valence-corrected chi connectivity index (χ3v) is 8.21. The summed E-state index contributed by atoms with van der Waals surface area (Å²) >= 11 is 0. The summed E-state index contributed by atoms with van der Waals surface area (Å²) in [6.07, 6.45) is 4.42. The number of pyridine rings is 2. The fourth-order valence-electron chi connectivity index (χ4n) is 6.19. The number of likely N-dealkylation sites (tertiary alicyclic amines) is 1. The highest BCUT2D eigenvalue weighted by Crippen LogP contribution is 2.45. The van der Waals surface area contributed by atoms with Gasteiger partial charge in [0.15, 0.2) is 17.3 Å². The quantitative estimate of drug-likeness (QED) is 0.347. The first-order valence-corrected chi connectivity index (χ1v) is 13.3. The van der Waals surface area contributed by atoms with Crippen LogP contribution in [0, 0.1) is 11.6 Å². The highest BCUT2D eigenvalue weighted by molar-refractivity contribution is 5.70. The third-order valence-electron chi connectivity index (χ3n) is 8.21. The minimum Gasteiger partial charge on any atom is -0.440 e. The van der Waals surface area contributed by atoms with Crippen molar-refractivity contribution in [3.8, 4) is 0 Å². The first-order chi connectivity index (χ1) is 18.9. The van der Waals surface area contributed by atoms with Crippen LogP contribution in [0.25, 0.3) is 11.2 Å². The lowest BCUT2D eigenvalue weighted by molar-refractivity contribution is 0.0472. The van der Waals surface area contributed by atoms with Crippen LogP contribution in [0.15, 0.2) is 59.7 Å². The van der Waals surface area contributed by atoms with Crippen LogP contribution >= 0.6 is 0 Å². The van der Waals surface area contributed by atoms with Crippen molar-refractivity contribution >= 4 is 17.3 Å². The van der Waals surface area contributed by atoms with E-state index in [1.165, 1.54) is 6.07 Å². The Morgan fingerprint density at radius 3 is 2.54 bits per heavy atom. The van der Waals surface area contributed by atoms with E-state index in [4.69, 9.17) is 4.74 Å². The summed E-state index contributed by atoms with van der Waals surface area (Å²) < 4.78 is 36.5. The van der Waals surface area contributed by atoms with Gasteiger partial charge in [-0.15, -0.1) is 0 Å². The summed E-state index contributed by atoms with van der Waals surface area (Å²) in [5.41, 5.74) is 2.95. The molecule has 8 nitrogen and oxygen atoms in total. The molecule has 1 aliphatic carbocycles. The number of hydrogen-bond donors (Lipinski definition) is 1. The number of aromatic amines is 1. The Hall–Kier alpha value is -4.08. The number of benzene rings is 1. The van der Waals surface area contributed by atoms with Crippen LogP contribution in [0.5, 0.6) is 0 Å². The van der Waals surface area contributed by atoms with Gasteiger partial charge in [-0.1, -0.05) is 25.1 Å². The SMILES string of the molecule is C[C@@H]1c2cccnc2[C@H](OC(=O)N2CCC(n3c(=O)[nH]c4ncccc43)CC2)CC[C@H]1c1cccc(F)c1F. The normalized spacial score (nSPS) is 21.9. The van der Waals surface area contributed by atoms with Gasteiger partial charge in [0.2, 0.25) is 0 Å². The molecule has 1 aromatic carbocycles. The topological polar surface area (TPSA) is 93.1 Å². The number of imidazole rings is 1. The number of fused-ring (bicyclic) bond motifs is 2. The van der Waals surface area contributed by atoms with Crippen LogP contribution in [0.3, 0.4) is 0 Å². The van der Waals surface area contributed by atoms with Gasteiger partial charge >= 0.3 is 11.8 Å². The molecule has 2 aliphatic rings. The van der Waals surface area contributed by atoms with Crippen LogP contribution < -0.4 is 5.69 Å². The van der Waals surface area contributed by atoms with Crippen molar-refractivity contribution in [1.82, 2.24) is 24.4 Å². The van der Waals surface area contributed by atoms with Gasteiger partial charge in [0, 0.05) is 31.5 Å². The largest absolute Gasteiger partial charge is 0.440 e. The number of ether oxygens (including phenoxy) is 1. The van der Waals surface area contributed by atoms with E-state index in [2.05, 4.69) is 15.0 Å². The molecule has 39 heavy (non-hydrogen) atoms. The van der Waals surface area contributed by atoms with E-state index in [0.29, 0.717) is 55.7 Å². The minimum absolute atomic E-state index is 0.0532. The third kappa shape index (κ3) is 4.57. The molecule has 0 radical (unpaired) electrons. The monoisotopic (exact) mass is 533 g/mol. The standard InChI is InChI=1S/C29H29F2N5O3/c1-17-19(21-5-2-7-22(30)25(21)31)9-10-24(26-20(17)6-3-13-32-26)39-29(38)35-15-11-18(12-16-35)36-23-8-4-14-33-27(23)34-28(36)37/h2-8,13-14,17-19,24H,9-12,15-16H2,1H3,(H,33,34,37)/t17-,19+,24+/m0/s1. The Morgan fingerprint density at radius 1 is 0.974 bits per heavy atom. The minimum atomic E-state index is -0.868. The predicted octanol–water partition coefficient (Wildman–Crippen LogP) is 5.59. The van der Waals surface area contributed by atoms with Crippen molar-refractivity contribution in [1.29, 1.82) is 0 Å². The van der Waals surface area contributed by atoms with Crippen molar-refractivity contribution < 1.29 is 18.3 Å². The van der Waals surface area contributed by atoms with Gasteiger partial charge in [-0.2, -0.15) is 0 Å². The number of hydrogen-bond acceptors (Lipinski definition) is 5. The molecule has 0 unspecified atom stereocenters. The molecule has 3 atom stereocenters. The molecule has 1 N–H and O–H groups in total. The lowest BCUT2D eigenvalue weighted by Crippen LogP contribution is -2.41. The van der Waals surface area contributed by atoms with Crippen LogP contribution in [0.1, 0.15) is 73.4 Å². The summed E-state index contributed by atoms with van der Waals surface area (Å²) in [6.45, 7) is 2.86. The molecule has 6 rings (SSSR count). The van der Waals surface area contributed by atoms with E-state index < -0.39 is 23.8 Å².